The second-order valence-corrected chi connectivity index (χ2v) is 5.71. The van der Waals surface area contributed by atoms with Crippen LogP contribution in [-0.2, 0) is 0 Å². The van der Waals surface area contributed by atoms with E-state index in [1.54, 1.807) is 25.3 Å². The van der Waals surface area contributed by atoms with Crippen LogP contribution in [0.2, 0.25) is 0 Å². The lowest BCUT2D eigenvalue weighted by atomic mass is 9.97. The zero-order valence-corrected chi connectivity index (χ0v) is 13.6. The summed E-state index contributed by atoms with van der Waals surface area (Å²) >= 11 is 3.44. The minimum absolute atomic E-state index is 0.254. The van der Waals surface area contributed by atoms with E-state index < -0.39 is 6.10 Å². The van der Waals surface area contributed by atoms with Crippen LogP contribution in [0.1, 0.15) is 24.3 Å². The van der Waals surface area contributed by atoms with Crippen LogP contribution in [0.15, 0.2) is 28.9 Å². The van der Waals surface area contributed by atoms with Crippen LogP contribution in [0.4, 0.5) is 5.69 Å². The normalized spacial score (nSPS) is 11.9. The van der Waals surface area contributed by atoms with Crippen molar-refractivity contribution >= 4 is 32.7 Å². The summed E-state index contributed by atoms with van der Waals surface area (Å²) in [5.74, 6) is 0. The molecule has 0 aliphatic carbocycles. The van der Waals surface area contributed by atoms with E-state index in [0.29, 0.717) is 32.2 Å². The SMILES string of the molecule is [C-]#[N+]c1c(C(C)O)nc2[nH]ncc2c1-c1cccc(C#N)c1Br. The molecular formula is C16H10BrN5O. The van der Waals surface area contributed by atoms with Gasteiger partial charge in [-0.3, -0.25) is 5.10 Å². The Labute approximate surface area is 140 Å². The number of nitriles is 1. The van der Waals surface area contributed by atoms with Crippen molar-refractivity contribution in [1.82, 2.24) is 15.2 Å². The van der Waals surface area contributed by atoms with Gasteiger partial charge in [0.15, 0.2) is 5.65 Å². The van der Waals surface area contributed by atoms with Crippen LogP contribution in [0.5, 0.6) is 0 Å². The van der Waals surface area contributed by atoms with Gasteiger partial charge < -0.3 is 5.11 Å². The number of aromatic amines is 1. The highest BCUT2D eigenvalue weighted by atomic mass is 79.9. The number of H-pyrrole nitrogens is 1. The van der Waals surface area contributed by atoms with Crippen LogP contribution >= 0.6 is 15.9 Å². The first kappa shape index (κ1) is 15.2. The fourth-order valence-corrected chi connectivity index (χ4v) is 3.02. The molecule has 0 bridgehead atoms. The molecule has 1 atom stereocenters. The molecule has 0 radical (unpaired) electrons. The number of fused-ring (bicyclic) bond motifs is 1. The summed E-state index contributed by atoms with van der Waals surface area (Å²) in [4.78, 5) is 7.88. The first-order valence-corrected chi connectivity index (χ1v) is 7.49. The van der Waals surface area contributed by atoms with E-state index in [2.05, 4.69) is 42.0 Å². The Morgan fingerprint density at radius 1 is 1.48 bits per heavy atom. The van der Waals surface area contributed by atoms with Gasteiger partial charge in [0, 0.05) is 15.4 Å². The van der Waals surface area contributed by atoms with E-state index in [-0.39, 0.29) is 11.4 Å². The number of rotatable bonds is 2. The van der Waals surface area contributed by atoms with Crippen LogP contribution in [0, 0.1) is 17.9 Å². The highest BCUT2D eigenvalue weighted by Gasteiger charge is 2.22. The van der Waals surface area contributed by atoms with Crippen molar-refractivity contribution < 1.29 is 5.11 Å². The second kappa shape index (κ2) is 5.81. The first-order chi connectivity index (χ1) is 11.1. The van der Waals surface area contributed by atoms with Crippen molar-refractivity contribution in [1.29, 1.82) is 5.26 Å². The fourth-order valence-electron chi connectivity index (χ4n) is 2.47. The molecule has 7 heteroatoms. The highest BCUT2D eigenvalue weighted by Crippen LogP contribution is 2.43. The number of halogens is 1. The number of hydrogen-bond acceptors (Lipinski definition) is 4. The Hall–Kier alpha value is -2.74. The summed E-state index contributed by atoms with van der Waals surface area (Å²) in [6.45, 7) is 9.09. The van der Waals surface area contributed by atoms with Gasteiger partial charge in [-0.25, -0.2) is 9.83 Å². The largest absolute Gasteiger partial charge is 0.388 e. The van der Waals surface area contributed by atoms with Gasteiger partial charge >= 0.3 is 0 Å². The van der Waals surface area contributed by atoms with Crippen molar-refractivity contribution in [3.8, 4) is 17.2 Å². The van der Waals surface area contributed by atoms with Gasteiger partial charge in [0.05, 0.1) is 30.1 Å². The molecule has 2 aromatic heterocycles. The van der Waals surface area contributed by atoms with Gasteiger partial charge in [0.25, 0.3) is 0 Å². The number of aliphatic hydroxyl groups is 1. The van der Waals surface area contributed by atoms with Crippen molar-refractivity contribution in [2.45, 2.75) is 13.0 Å². The van der Waals surface area contributed by atoms with Gasteiger partial charge in [0.2, 0.25) is 5.69 Å². The molecule has 6 nitrogen and oxygen atoms in total. The van der Waals surface area contributed by atoms with Crippen LogP contribution in [0.3, 0.4) is 0 Å². The minimum Gasteiger partial charge on any atom is -0.388 e. The van der Waals surface area contributed by atoms with Crippen LogP contribution in [-0.4, -0.2) is 20.3 Å². The minimum atomic E-state index is -0.900. The molecule has 3 aromatic rings. The van der Waals surface area contributed by atoms with E-state index in [1.807, 2.05) is 6.07 Å². The molecule has 2 N–H and O–H groups in total. The molecule has 0 amide bonds. The van der Waals surface area contributed by atoms with E-state index in [9.17, 15) is 10.4 Å². The lowest BCUT2D eigenvalue weighted by Gasteiger charge is -2.14. The number of nitrogens with zero attached hydrogens (tertiary/aromatic N) is 4. The smallest absolute Gasteiger partial charge is 0.219 e. The monoisotopic (exact) mass is 367 g/mol. The predicted octanol–water partition coefficient (Wildman–Crippen LogP) is 3.86. The Kier molecular flexibility index (Phi) is 3.83. The maximum Gasteiger partial charge on any atom is 0.219 e. The number of aliphatic hydroxyl groups excluding tert-OH is 1. The fraction of sp³-hybridized carbons (Fsp3) is 0.125. The molecule has 2 heterocycles. The summed E-state index contributed by atoms with van der Waals surface area (Å²) in [5.41, 5.74) is 2.76. The Morgan fingerprint density at radius 3 is 2.91 bits per heavy atom. The maximum absolute atomic E-state index is 9.97. The summed E-state index contributed by atoms with van der Waals surface area (Å²) in [7, 11) is 0. The summed E-state index contributed by atoms with van der Waals surface area (Å²) < 4.78 is 0.595. The van der Waals surface area contributed by atoms with Crippen LogP contribution < -0.4 is 0 Å². The molecule has 1 unspecified atom stereocenters. The predicted molar refractivity (Wildman–Crippen MR) is 88.6 cm³/mol. The molecule has 3 rings (SSSR count). The molecule has 1 aromatic carbocycles. The maximum atomic E-state index is 9.97. The number of benzene rings is 1. The Bertz CT molecular complexity index is 994. The van der Waals surface area contributed by atoms with E-state index >= 15 is 0 Å². The average Bonchev–Trinajstić information content (AvgIpc) is 3.01. The highest BCUT2D eigenvalue weighted by molar-refractivity contribution is 9.10. The lowest BCUT2D eigenvalue weighted by Crippen LogP contribution is -1.99. The molecule has 0 aliphatic heterocycles. The third-order valence-corrected chi connectivity index (χ3v) is 4.35. The van der Waals surface area contributed by atoms with E-state index in [1.165, 1.54) is 0 Å². The zero-order valence-electron chi connectivity index (χ0n) is 12.0. The zero-order chi connectivity index (χ0) is 16.6. The van der Waals surface area contributed by atoms with Crippen molar-refractivity contribution in [2.75, 3.05) is 0 Å². The Morgan fingerprint density at radius 2 is 2.26 bits per heavy atom. The third kappa shape index (κ3) is 2.36. The number of aromatic nitrogens is 3. The van der Waals surface area contributed by atoms with Crippen molar-refractivity contribution in [3.05, 3.63) is 51.5 Å². The van der Waals surface area contributed by atoms with Gasteiger partial charge in [-0.15, -0.1) is 0 Å². The summed E-state index contributed by atoms with van der Waals surface area (Å²) in [5, 5.41) is 26.6. The molecule has 112 valence electrons. The summed E-state index contributed by atoms with van der Waals surface area (Å²) in [6, 6.07) is 7.36. The molecule has 0 fully saturated rings. The third-order valence-electron chi connectivity index (χ3n) is 3.50. The molecule has 0 saturated carbocycles. The van der Waals surface area contributed by atoms with Gasteiger partial charge in [0.1, 0.15) is 6.07 Å². The van der Waals surface area contributed by atoms with Gasteiger partial charge in [-0.05, 0) is 34.5 Å². The molecular weight excluding hydrogens is 358 g/mol. The topological polar surface area (TPSA) is 89.9 Å². The molecule has 0 aliphatic rings. The van der Waals surface area contributed by atoms with Crippen LogP contribution in [0.25, 0.3) is 27.0 Å². The van der Waals surface area contributed by atoms with Gasteiger partial charge in [-0.2, -0.15) is 10.4 Å². The van der Waals surface area contributed by atoms with Crippen molar-refractivity contribution in [3.63, 3.8) is 0 Å². The number of pyridine rings is 1. The number of hydrogen-bond donors (Lipinski definition) is 2. The second-order valence-electron chi connectivity index (χ2n) is 4.92. The standard InChI is InChI=1S/C16H10BrN5O/c1-8(23)14-15(19-2)12(11-7-20-22-16(11)21-14)10-5-3-4-9(6-18)13(10)17/h3-5,7-8,23H,1H3,(H,20,21,22). The molecule has 23 heavy (non-hydrogen) atoms. The van der Waals surface area contributed by atoms with Crippen molar-refractivity contribution in [2.24, 2.45) is 0 Å². The van der Waals surface area contributed by atoms with E-state index in [0.717, 1.165) is 0 Å². The number of nitrogens with one attached hydrogen (secondary N) is 1. The lowest BCUT2D eigenvalue weighted by molar-refractivity contribution is 0.195. The quantitative estimate of drug-likeness (QED) is 0.672. The van der Waals surface area contributed by atoms with E-state index in [4.69, 9.17) is 6.57 Å². The molecule has 0 spiro atoms. The summed E-state index contributed by atoms with van der Waals surface area (Å²) in [6.07, 6.45) is 0.687. The Balaban J connectivity index is 2.49. The average molecular weight is 368 g/mol. The molecule has 0 saturated heterocycles. The van der Waals surface area contributed by atoms with Gasteiger partial charge in [-0.1, -0.05) is 12.1 Å². The first-order valence-electron chi connectivity index (χ1n) is 6.70.